The number of aliphatic hydroxyl groups excluding tert-OH is 1. The van der Waals surface area contributed by atoms with E-state index >= 15 is 0 Å². The summed E-state index contributed by atoms with van der Waals surface area (Å²) in [6.45, 7) is 6.95. The molecule has 130 valence electrons. The monoisotopic (exact) mass is 333 g/mol. The van der Waals surface area contributed by atoms with Crippen molar-refractivity contribution in [3.05, 3.63) is 28.8 Å². The minimum atomic E-state index is -0.560. The number of carbonyl (C=O) groups excluding carboxylic acids is 2. The average Bonchev–Trinajstić information content (AvgIpc) is 2.78. The fourth-order valence-electron chi connectivity index (χ4n) is 3.13. The molecule has 0 aromatic carbocycles. The van der Waals surface area contributed by atoms with Crippen LogP contribution in [0.2, 0.25) is 0 Å². The molecule has 1 amide bonds. The third kappa shape index (κ3) is 3.02. The summed E-state index contributed by atoms with van der Waals surface area (Å²) in [7, 11) is 0. The zero-order chi connectivity index (χ0) is 17.5. The third-order valence-corrected chi connectivity index (χ3v) is 4.23. The predicted octanol–water partition coefficient (Wildman–Crippen LogP) is 2.59. The van der Waals surface area contributed by atoms with Gasteiger partial charge in [-0.1, -0.05) is 0 Å². The maximum atomic E-state index is 12.7. The molecule has 7 nitrogen and oxygen atoms in total. The van der Waals surface area contributed by atoms with Crippen LogP contribution in [-0.4, -0.2) is 43.8 Å². The number of hydrogen-bond donors (Lipinski definition) is 1. The molecule has 1 N–H and O–H groups in total. The van der Waals surface area contributed by atoms with E-state index in [2.05, 4.69) is 5.10 Å². The van der Waals surface area contributed by atoms with Crippen molar-refractivity contribution in [1.29, 1.82) is 0 Å². The summed E-state index contributed by atoms with van der Waals surface area (Å²) in [6.07, 6.45) is 2.39. The SMILES string of the molecule is CC(C)(C)OC(=O)N1CCc2nn3c(c2C1)C(=O)C(=CO)CCC3. The van der Waals surface area contributed by atoms with Crippen LogP contribution in [0.5, 0.6) is 0 Å². The normalized spacial score (nSPS) is 19.7. The molecule has 0 bridgehead atoms. The number of allylic oxidation sites excluding steroid dienone is 1. The molecule has 0 radical (unpaired) electrons. The molecule has 1 aromatic rings. The van der Waals surface area contributed by atoms with Crippen LogP contribution in [0.1, 0.15) is 55.4 Å². The van der Waals surface area contributed by atoms with E-state index in [0.29, 0.717) is 43.7 Å². The number of Topliss-reactive ketones (excluding diaryl/α,β-unsaturated/α-hetero) is 1. The molecular formula is C17H23N3O4. The van der Waals surface area contributed by atoms with Crippen molar-refractivity contribution >= 4 is 11.9 Å². The molecule has 3 rings (SSSR count). The number of ether oxygens (including phenoxy) is 1. The smallest absolute Gasteiger partial charge is 0.410 e. The quantitative estimate of drug-likeness (QED) is 0.583. The summed E-state index contributed by atoms with van der Waals surface area (Å²) < 4.78 is 7.15. The van der Waals surface area contributed by atoms with Gasteiger partial charge in [0.15, 0.2) is 0 Å². The Hall–Kier alpha value is -2.31. The van der Waals surface area contributed by atoms with Gasteiger partial charge < -0.3 is 14.7 Å². The number of hydrogen-bond acceptors (Lipinski definition) is 5. The Kier molecular flexibility index (Phi) is 4.11. The van der Waals surface area contributed by atoms with Gasteiger partial charge in [-0.3, -0.25) is 9.48 Å². The Morgan fingerprint density at radius 1 is 1.29 bits per heavy atom. The Morgan fingerprint density at radius 3 is 2.71 bits per heavy atom. The number of aromatic nitrogens is 2. The Morgan fingerprint density at radius 2 is 2.04 bits per heavy atom. The number of nitrogens with zero attached hydrogens (tertiary/aromatic N) is 3. The van der Waals surface area contributed by atoms with Crippen molar-refractivity contribution in [2.45, 2.75) is 58.7 Å². The van der Waals surface area contributed by atoms with E-state index in [-0.39, 0.29) is 11.9 Å². The van der Waals surface area contributed by atoms with Gasteiger partial charge in [0.2, 0.25) is 5.78 Å². The predicted molar refractivity (Wildman–Crippen MR) is 86.9 cm³/mol. The third-order valence-electron chi connectivity index (χ3n) is 4.23. The molecular weight excluding hydrogens is 310 g/mol. The summed E-state index contributed by atoms with van der Waals surface area (Å²) in [4.78, 5) is 26.6. The fraction of sp³-hybridized carbons (Fsp3) is 0.588. The lowest BCUT2D eigenvalue weighted by Gasteiger charge is -2.29. The molecule has 0 fully saturated rings. The van der Waals surface area contributed by atoms with Crippen molar-refractivity contribution in [2.24, 2.45) is 0 Å². The minimum Gasteiger partial charge on any atom is -0.515 e. The van der Waals surface area contributed by atoms with Crippen molar-refractivity contribution in [2.75, 3.05) is 6.54 Å². The summed E-state index contributed by atoms with van der Waals surface area (Å²) in [5.41, 5.74) is 1.97. The van der Waals surface area contributed by atoms with Crippen LogP contribution >= 0.6 is 0 Å². The molecule has 3 heterocycles. The maximum Gasteiger partial charge on any atom is 0.410 e. The second-order valence-electron chi connectivity index (χ2n) is 7.24. The van der Waals surface area contributed by atoms with Gasteiger partial charge in [0.1, 0.15) is 11.3 Å². The number of rotatable bonds is 0. The van der Waals surface area contributed by atoms with Gasteiger partial charge in [-0.2, -0.15) is 5.10 Å². The molecule has 7 heteroatoms. The largest absolute Gasteiger partial charge is 0.515 e. The number of aryl methyl sites for hydroxylation is 1. The molecule has 0 saturated heterocycles. The molecule has 2 aliphatic heterocycles. The molecule has 2 aliphatic rings. The van der Waals surface area contributed by atoms with Gasteiger partial charge in [-0.15, -0.1) is 0 Å². The van der Waals surface area contributed by atoms with E-state index in [4.69, 9.17) is 4.74 Å². The van der Waals surface area contributed by atoms with Crippen LogP contribution in [0.25, 0.3) is 0 Å². The first-order valence-electron chi connectivity index (χ1n) is 8.24. The van der Waals surface area contributed by atoms with Gasteiger partial charge in [0.05, 0.1) is 18.5 Å². The molecule has 0 saturated carbocycles. The summed E-state index contributed by atoms with van der Waals surface area (Å²) in [5, 5.41) is 13.9. The van der Waals surface area contributed by atoms with Crippen molar-refractivity contribution in [1.82, 2.24) is 14.7 Å². The number of amides is 1. The summed E-state index contributed by atoms with van der Waals surface area (Å²) in [5.74, 6) is -0.199. The van der Waals surface area contributed by atoms with Gasteiger partial charge in [0.25, 0.3) is 0 Å². The van der Waals surface area contributed by atoms with E-state index in [1.165, 1.54) is 0 Å². The van der Waals surface area contributed by atoms with Crippen LogP contribution in [0.3, 0.4) is 0 Å². The van der Waals surface area contributed by atoms with Crippen LogP contribution in [0.4, 0.5) is 4.79 Å². The molecule has 24 heavy (non-hydrogen) atoms. The average molecular weight is 333 g/mol. The molecule has 1 aromatic heterocycles. The highest BCUT2D eigenvalue weighted by Crippen LogP contribution is 2.28. The number of ketones is 1. The highest BCUT2D eigenvalue weighted by Gasteiger charge is 2.33. The lowest BCUT2D eigenvalue weighted by molar-refractivity contribution is 0.0222. The van der Waals surface area contributed by atoms with Crippen molar-refractivity contribution in [3.63, 3.8) is 0 Å². The number of carbonyl (C=O) groups is 2. The van der Waals surface area contributed by atoms with Crippen LogP contribution in [0, 0.1) is 0 Å². The first kappa shape index (κ1) is 16.5. The molecule has 0 unspecified atom stereocenters. The van der Waals surface area contributed by atoms with Gasteiger partial charge in [-0.05, 0) is 33.6 Å². The first-order chi connectivity index (χ1) is 11.3. The highest BCUT2D eigenvalue weighted by atomic mass is 16.6. The molecule has 0 atom stereocenters. The van der Waals surface area contributed by atoms with E-state index in [1.54, 1.807) is 9.58 Å². The van der Waals surface area contributed by atoms with Crippen molar-refractivity contribution in [3.8, 4) is 0 Å². The maximum absolute atomic E-state index is 12.7. The zero-order valence-corrected chi connectivity index (χ0v) is 14.3. The second kappa shape index (κ2) is 5.96. The summed E-state index contributed by atoms with van der Waals surface area (Å²) in [6, 6.07) is 0. The van der Waals surface area contributed by atoms with Gasteiger partial charge >= 0.3 is 6.09 Å². The highest BCUT2D eigenvalue weighted by molar-refractivity contribution is 6.08. The molecule has 0 aliphatic carbocycles. The Bertz CT molecular complexity index is 712. The first-order valence-corrected chi connectivity index (χ1v) is 8.24. The zero-order valence-electron chi connectivity index (χ0n) is 14.3. The fourth-order valence-corrected chi connectivity index (χ4v) is 3.13. The minimum absolute atomic E-state index is 0.199. The van der Waals surface area contributed by atoms with Crippen molar-refractivity contribution < 1.29 is 19.4 Å². The summed E-state index contributed by atoms with van der Waals surface area (Å²) >= 11 is 0. The van der Waals surface area contributed by atoms with E-state index < -0.39 is 5.60 Å². The molecule has 0 spiro atoms. The Balaban J connectivity index is 1.91. The van der Waals surface area contributed by atoms with Gasteiger partial charge in [-0.25, -0.2) is 4.79 Å². The second-order valence-corrected chi connectivity index (χ2v) is 7.24. The van der Waals surface area contributed by atoms with Crippen LogP contribution in [0.15, 0.2) is 11.8 Å². The lowest BCUT2D eigenvalue weighted by atomic mass is 9.99. The Labute approximate surface area is 140 Å². The van der Waals surface area contributed by atoms with Crippen LogP contribution in [-0.2, 0) is 24.2 Å². The number of fused-ring (bicyclic) bond motifs is 3. The lowest BCUT2D eigenvalue weighted by Crippen LogP contribution is -2.40. The topological polar surface area (TPSA) is 84.7 Å². The van der Waals surface area contributed by atoms with E-state index in [0.717, 1.165) is 23.9 Å². The number of aliphatic hydroxyl groups is 1. The standard InChI is InChI=1S/C17H23N3O4/c1-17(2,3)24-16(23)19-8-6-13-12(9-19)14-15(22)11(10-21)5-4-7-20(14)18-13/h10,21H,4-9H2,1-3H3. The van der Waals surface area contributed by atoms with E-state index in [9.17, 15) is 14.7 Å². The van der Waals surface area contributed by atoms with Gasteiger partial charge in [0, 0.05) is 30.6 Å². The van der Waals surface area contributed by atoms with Crippen LogP contribution < -0.4 is 0 Å². The van der Waals surface area contributed by atoms with E-state index in [1.807, 2.05) is 20.8 Å².